The van der Waals surface area contributed by atoms with Gasteiger partial charge in [0.25, 0.3) is 0 Å². The first-order valence-corrected chi connectivity index (χ1v) is 7.11. The van der Waals surface area contributed by atoms with Crippen molar-refractivity contribution in [3.8, 4) is 5.75 Å². The van der Waals surface area contributed by atoms with Crippen LogP contribution in [-0.2, 0) is 0 Å². The van der Waals surface area contributed by atoms with E-state index in [0.717, 1.165) is 23.1 Å². The maximum atomic E-state index is 13.3. The van der Waals surface area contributed by atoms with Crippen LogP contribution in [0.1, 0.15) is 29.7 Å². The minimum atomic E-state index is -0.184. The summed E-state index contributed by atoms with van der Waals surface area (Å²) in [7, 11) is 1.64. The Morgan fingerprint density at radius 2 is 2.06 bits per heavy atom. The molecular formula is C14H16BrFO. The quantitative estimate of drug-likeness (QED) is 0.755. The second kappa shape index (κ2) is 4.27. The largest absolute Gasteiger partial charge is 0.496 e. The molecule has 0 aliphatic heterocycles. The highest BCUT2D eigenvalue weighted by molar-refractivity contribution is 9.09. The smallest absolute Gasteiger partial charge is 0.123 e. The molecular weight excluding hydrogens is 283 g/mol. The summed E-state index contributed by atoms with van der Waals surface area (Å²) in [5.74, 6) is 2.99. The van der Waals surface area contributed by atoms with Gasteiger partial charge in [-0.05, 0) is 48.8 Å². The van der Waals surface area contributed by atoms with Crippen molar-refractivity contribution < 1.29 is 9.13 Å². The average Bonchev–Trinajstić information content (AvgIpc) is 2.81. The number of benzene rings is 1. The summed E-state index contributed by atoms with van der Waals surface area (Å²) in [5.41, 5.74) is 0.965. The predicted molar refractivity (Wildman–Crippen MR) is 68.9 cm³/mol. The third kappa shape index (κ3) is 1.88. The lowest BCUT2D eigenvalue weighted by molar-refractivity contribution is 0.405. The Balaban J connectivity index is 1.85. The van der Waals surface area contributed by atoms with E-state index in [1.807, 2.05) is 0 Å². The van der Waals surface area contributed by atoms with Crippen LogP contribution in [0.5, 0.6) is 5.75 Å². The Hall–Kier alpha value is -0.570. The molecule has 2 saturated carbocycles. The maximum Gasteiger partial charge on any atom is 0.123 e. The minimum Gasteiger partial charge on any atom is -0.496 e. The molecule has 2 fully saturated rings. The van der Waals surface area contributed by atoms with Gasteiger partial charge in [0.05, 0.1) is 7.11 Å². The van der Waals surface area contributed by atoms with Crippen molar-refractivity contribution in [2.45, 2.75) is 24.1 Å². The Labute approximate surface area is 109 Å². The number of ether oxygens (including phenoxy) is 1. The van der Waals surface area contributed by atoms with Crippen molar-refractivity contribution in [3.63, 3.8) is 0 Å². The fraction of sp³-hybridized carbons (Fsp3) is 0.571. The number of hydrogen-bond acceptors (Lipinski definition) is 1. The van der Waals surface area contributed by atoms with Crippen molar-refractivity contribution in [1.29, 1.82) is 0 Å². The van der Waals surface area contributed by atoms with Gasteiger partial charge in [-0.3, -0.25) is 0 Å². The van der Waals surface area contributed by atoms with Gasteiger partial charge in [-0.2, -0.15) is 0 Å². The van der Waals surface area contributed by atoms with E-state index in [9.17, 15) is 4.39 Å². The fourth-order valence-electron chi connectivity index (χ4n) is 3.44. The van der Waals surface area contributed by atoms with Gasteiger partial charge < -0.3 is 4.74 Å². The molecule has 0 N–H and O–H groups in total. The third-order valence-corrected chi connectivity index (χ3v) is 5.40. The van der Waals surface area contributed by atoms with Gasteiger partial charge >= 0.3 is 0 Å². The molecule has 0 aromatic heterocycles. The summed E-state index contributed by atoms with van der Waals surface area (Å²) in [6, 6.07) is 4.78. The first-order valence-electron chi connectivity index (χ1n) is 6.20. The van der Waals surface area contributed by atoms with Gasteiger partial charge in [0.15, 0.2) is 0 Å². The zero-order valence-corrected chi connectivity index (χ0v) is 11.4. The Morgan fingerprint density at radius 1 is 1.35 bits per heavy atom. The topological polar surface area (TPSA) is 9.23 Å². The normalized spacial score (nSPS) is 32.1. The second-order valence-corrected chi connectivity index (χ2v) is 6.11. The van der Waals surface area contributed by atoms with Gasteiger partial charge in [0.1, 0.15) is 11.6 Å². The van der Waals surface area contributed by atoms with E-state index in [1.54, 1.807) is 19.2 Å². The van der Waals surface area contributed by atoms with Crippen molar-refractivity contribution >= 4 is 15.9 Å². The molecule has 2 aliphatic carbocycles. The second-order valence-electron chi connectivity index (χ2n) is 5.12. The van der Waals surface area contributed by atoms with Gasteiger partial charge in [-0.25, -0.2) is 4.39 Å². The van der Waals surface area contributed by atoms with Crippen LogP contribution in [0.15, 0.2) is 18.2 Å². The van der Waals surface area contributed by atoms with Crippen LogP contribution in [0.2, 0.25) is 0 Å². The number of hydrogen-bond donors (Lipinski definition) is 0. The third-order valence-electron chi connectivity index (χ3n) is 4.30. The van der Waals surface area contributed by atoms with Crippen LogP contribution in [0.25, 0.3) is 0 Å². The molecule has 3 unspecified atom stereocenters. The van der Waals surface area contributed by atoms with E-state index in [4.69, 9.17) is 4.74 Å². The molecule has 0 heterocycles. The summed E-state index contributed by atoms with van der Waals surface area (Å²) < 4.78 is 18.7. The monoisotopic (exact) mass is 298 g/mol. The van der Waals surface area contributed by atoms with E-state index < -0.39 is 0 Å². The fourth-order valence-corrected chi connectivity index (χ4v) is 4.58. The van der Waals surface area contributed by atoms with E-state index in [-0.39, 0.29) is 10.6 Å². The first-order chi connectivity index (χ1) is 8.22. The Bertz CT molecular complexity index is 424. The highest BCUT2D eigenvalue weighted by Crippen LogP contribution is 2.64. The minimum absolute atomic E-state index is 0.184. The summed E-state index contributed by atoms with van der Waals surface area (Å²) in [4.78, 5) is 0.239. The van der Waals surface area contributed by atoms with Crippen LogP contribution < -0.4 is 4.74 Å². The van der Waals surface area contributed by atoms with Crippen molar-refractivity contribution in [1.82, 2.24) is 0 Å². The maximum absolute atomic E-state index is 13.3. The molecule has 0 radical (unpaired) electrons. The standard InChI is InChI=1S/C14H16BrFO/c1-17-12-6-5-8(16)7-11(12)14(15)13-9-3-2-4-10(9)13/h5-7,9-10,13-14H,2-4H2,1H3. The summed E-state index contributed by atoms with van der Waals surface area (Å²) in [6.07, 6.45) is 4.05. The van der Waals surface area contributed by atoms with E-state index in [2.05, 4.69) is 15.9 Å². The highest BCUT2D eigenvalue weighted by Gasteiger charge is 2.55. The molecule has 2 aliphatic rings. The molecule has 0 bridgehead atoms. The zero-order chi connectivity index (χ0) is 12.0. The van der Waals surface area contributed by atoms with Gasteiger partial charge in [0, 0.05) is 10.4 Å². The van der Waals surface area contributed by atoms with Crippen LogP contribution in [0.4, 0.5) is 4.39 Å². The summed E-state index contributed by atoms with van der Waals surface area (Å²) >= 11 is 3.75. The summed E-state index contributed by atoms with van der Waals surface area (Å²) in [5, 5.41) is 0. The van der Waals surface area contributed by atoms with Crippen molar-refractivity contribution in [2.75, 3.05) is 7.11 Å². The van der Waals surface area contributed by atoms with Gasteiger partial charge in [-0.15, -0.1) is 0 Å². The molecule has 0 spiro atoms. The van der Waals surface area contributed by atoms with Gasteiger partial charge in [0.2, 0.25) is 0 Å². The summed E-state index contributed by atoms with van der Waals surface area (Å²) in [6.45, 7) is 0. The van der Waals surface area contributed by atoms with Gasteiger partial charge in [-0.1, -0.05) is 22.4 Å². The molecule has 0 saturated heterocycles. The molecule has 1 aromatic carbocycles. The lowest BCUT2D eigenvalue weighted by atomic mass is 10.0. The molecule has 17 heavy (non-hydrogen) atoms. The Kier molecular flexibility index (Phi) is 2.89. The first kappa shape index (κ1) is 11.5. The average molecular weight is 299 g/mol. The Morgan fingerprint density at radius 3 is 2.71 bits per heavy atom. The van der Waals surface area contributed by atoms with Crippen molar-refractivity contribution in [3.05, 3.63) is 29.6 Å². The van der Waals surface area contributed by atoms with E-state index >= 15 is 0 Å². The highest BCUT2D eigenvalue weighted by atomic mass is 79.9. The molecule has 1 nitrogen and oxygen atoms in total. The molecule has 92 valence electrons. The SMILES string of the molecule is COc1ccc(F)cc1C(Br)C1C2CCCC21. The van der Waals surface area contributed by atoms with E-state index in [1.165, 1.54) is 25.3 Å². The van der Waals surface area contributed by atoms with Crippen LogP contribution in [0, 0.1) is 23.6 Å². The van der Waals surface area contributed by atoms with Crippen LogP contribution >= 0.6 is 15.9 Å². The number of fused-ring (bicyclic) bond motifs is 1. The number of alkyl halides is 1. The number of methoxy groups -OCH3 is 1. The van der Waals surface area contributed by atoms with Crippen LogP contribution in [0.3, 0.4) is 0 Å². The number of rotatable bonds is 3. The lowest BCUT2D eigenvalue weighted by Gasteiger charge is -2.16. The molecule has 1 aromatic rings. The lowest BCUT2D eigenvalue weighted by Crippen LogP contribution is -2.01. The molecule has 3 atom stereocenters. The molecule has 3 rings (SSSR count). The predicted octanol–water partition coefficient (Wildman–Crippen LogP) is 4.32. The number of halogens is 2. The van der Waals surface area contributed by atoms with Crippen molar-refractivity contribution in [2.24, 2.45) is 17.8 Å². The van der Waals surface area contributed by atoms with E-state index in [0.29, 0.717) is 5.92 Å². The van der Waals surface area contributed by atoms with Crippen LogP contribution in [-0.4, -0.2) is 7.11 Å². The zero-order valence-electron chi connectivity index (χ0n) is 9.83. The molecule has 3 heteroatoms. The molecule has 0 amide bonds.